The maximum Gasteiger partial charge on any atom is 0.311 e. The Morgan fingerprint density at radius 3 is 2.62 bits per heavy atom. The zero-order valence-corrected chi connectivity index (χ0v) is 4.63. The molecule has 8 heavy (non-hydrogen) atoms. The van der Waals surface area contributed by atoms with E-state index in [0.717, 1.165) is 0 Å². The third-order valence-corrected chi connectivity index (χ3v) is 1.21. The van der Waals surface area contributed by atoms with E-state index in [4.69, 9.17) is 5.11 Å². The van der Waals surface area contributed by atoms with E-state index in [1.165, 1.54) is 0 Å². The zero-order chi connectivity index (χ0) is 6.15. The first-order valence-corrected chi connectivity index (χ1v) is 2.58. The summed E-state index contributed by atoms with van der Waals surface area (Å²) < 4.78 is 4.39. The van der Waals surface area contributed by atoms with Gasteiger partial charge in [0.2, 0.25) is 6.29 Å². The van der Waals surface area contributed by atoms with E-state index in [1.54, 1.807) is 6.92 Å². The van der Waals surface area contributed by atoms with Crippen LogP contribution in [0.2, 0.25) is 0 Å². The summed E-state index contributed by atoms with van der Waals surface area (Å²) in [7, 11) is 0. The normalized spacial score (nSPS) is 37.5. The first-order valence-electron chi connectivity index (χ1n) is 2.58. The number of ether oxygens (including phenoxy) is 1. The Labute approximate surface area is 47.3 Å². The van der Waals surface area contributed by atoms with Crippen molar-refractivity contribution in [2.45, 2.75) is 19.6 Å². The number of aliphatic hydroxyl groups is 1. The molecule has 3 nitrogen and oxygen atoms in total. The molecule has 1 unspecified atom stereocenters. The molecule has 46 valence electrons. The minimum absolute atomic E-state index is 0.120. The maximum absolute atomic E-state index is 10.4. The van der Waals surface area contributed by atoms with Crippen molar-refractivity contribution in [3.05, 3.63) is 0 Å². The van der Waals surface area contributed by atoms with Gasteiger partial charge < -0.3 is 9.84 Å². The smallest absolute Gasteiger partial charge is 0.311 e. The Kier molecular flexibility index (Phi) is 1.21. The predicted octanol–water partition coefficient (Wildman–Crippen LogP) is -0.112. The van der Waals surface area contributed by atoms with Crippen molar-refractivity contribution in [3.63, 3.8) is 0 Å². The average molecular weight is 116 g/mol. The number of carbonyl (C=O) groups excluding carboxylic acids is 1. The third kappa shape index (κ3) is 0.816. The molecule has 0 aromatic heterocycles. The summed E-state index contributed by atoms with van der Waals surface area (Å²) in [6.07, 6.45) is -0.406. The third-order valence-electron chi connectivity index (χ3n) is 1.21. The highest BCUT2D eigenvalue weighted by Crippen LogP contribution is 2.17. The summed E-state index contributed by atoms with van der Waals surface area (Å²) in [6, 6.07) is 0. The number of hydrogen-bond acceptors (Lipinski definition) is 3. The summed E-state index contributed by atoms with van der Waals surface area (Å²) in [5.74, 6) is -0.414. The Hall–Kier alpha value is -0.570. The van der Waals surface area contributed by atoms with Gasteiger partial charge in [-0.1, -0.05) is 6.92 Å². The molecule has 1 aliphatic heterocycles. The molecule has 0 amide bonds. The second kappa shape index (κ2) is 1.74. The summed E-state index contributed by atoms with van der Waals surface area (Å²) in [5, 5.41) is 8.63. The molecule has 0 spiro atoms. The molecule has 1 heterocycles. The van der Waals surface area contributed by atoms with Crippen LogP contribution >= 0.6 is 0 Å². The number of rotatable bonds is 0. The van der Waals surface area contributed by atoms with Crippen molar-refractivity contribution >= 4 is 5.97 Å². The lowest BCUT2D eigenvalue weighted by molar-refractivity contribution is -0.155. The quantitative estimate of drug-likeness (QED) is 0.449. The molecule has 0 radical (unpaired) electrons. The van der Waals surface area contributed by atoms with E-state index < -0.39 is 6.29 Å². The Morgan fingerprint density at radius 2 is 2.50 bits per heavy atom. The van der Waals surface area contributed by atoms with Gasteiger partial charge in [0.25, 0.3) is 0 Å². The molecule has 1 saturated heterocycles. The largest absolute Gasteiger partial charge is 0.436 e. The van der Waals surface area contributed by atoms with E-state index in [9.17, 15) is 4.79 Å². The van der Waals surface area contributed by atoms with Gasteiger partial charge >= 0.3 is 5.97 Å². The lowest BCUT2D eigenvalue weighted by Crippen LogP contribution is -2.04. The first-order chi connectivity index (χ1) is 3.70. The van der Waals surface area contributed by atoms with Crippen LogP contribution in [0, 0.1) is 5.92 Å². The zero-order valence-electron chi connectivity index (χ0n) is 4.63. The van der Waals surface area contributed by atoms with Crippen molar-refractivity contribution in [2.24, 2.45) is 5.92 Å². The number of carbonyl (C=O) groups is 1. The van der Waals surface area contributed by atoms with Crippen LogP contribution in [-0.4, -0.2) is 17.4 Å². The van der Waals surface area contributed by atoms with E-state index in [1.807, 2.05) is 0 Å². The highest BCUT2D eigenvalue weighted by atomic mass is 16.6. The van der Waals surface area contributed by atoms with Crippen LogP contribution in [0.1, 0.15) is 13.3 Å². The van der Waals surface area contributed by atoms with Crippen LogP contribution in [0.25, 0.3) is 0 Å². The molecular formula is C5H8O3. The van der Waals surface area contributed by atoms with Crippen molar-refractivity contribution in [1.29, 1.82) is 0 Å². The number of esters is 1. The van der Waals surface area contributed by atoms with Crippen molar-refractivity contribution in [1.82, 2.24) is 0 Å². The molecule has 0 bridgehead atoms. The Balaban J connectivity index is 2.51. The van der Waals surface area contributed by atoms with Gasteiger partial charge in [-0.05, 0) is 0 Å². The van der Waals surface area contributed by atoms with Gasteiger partial charge in [-0.15, -0.1) is 0 Å². The van der Waals surface area contributed by atoms with Crippen LogP contribution in [0.5, 0.6) is 0 Å². The standard InChI is InChI=1S/C5H8O3/c1-3-2-4(6)8-5(3)7/h3-4,6H,2H2,1H3/t3?,4-/m1/s1. The van der Waals surface area contributed by atoms with E-state index in [2.05, 4.69) is 4.74 Å². The minimum Gasteiger partial charge on any atom is -0.436 e. The summed E-state index contributed by atoms with van der Waals surface area (Å²) >= 11 is 0. The van der Waals surface area contributed by atoms with Crippen LogP contribution in [0.4, 0.5) is 0 Å². The topological polar surface area (TPSA) is 46.5 Å². The van der Waals surface area contributed by atoms with Crippen molar-refractivity contribution in [3.8, 4) is 0 Å². The lowest BCUT2D eigenvalue weighted by Gasteiger charge is -1.94. The molecule has 0 aromatic carbocycles. The fourth-order valence-electron chi connectivity index (χ4n) is 0.697. The molecule has 2 atom stereocenters. The second-order valence-corrected chi connectivity index (χ2v) is 2.03. The number of cyclic esters (lactones) is 1. The van der Waals surface area contributed by atoms with Crippen LogP contribution in [0.15, 0.2) is 0 Å². The predicted molar refractivity (Wildman–Crippen MR) is 25.9 cm³/mol. The van der Waals surface area contributed by atoms with Crippen LogP contribution < -0.4 is 0 Å². The molecule has 0 aromatic rings. The SMILES string of the molecule is CC1C[C@H](O)OC1=O. The van der Waals surface area contributed by atoms with E-state index in [0.29, 0.717) is 6.42 Å². The Bertz CT molecular complexity index is 110. The molecule has 1 aliphatic rings. The van der Waals surface area contributed by atoms with Gasteiger partial charge in [-0.25, -0.2) is 0 Å². The molecule has 3 heteroatoms. The second-order valence-electron chi connectivity index (χ2n) is 2.03. The van der Waals surface area contributed by atoms with Gasteiger partial charge in [-0.3, -0.25) is 4.79 Å². The fraction of sp³-hybridized carbons (Fsp3) is 0.800. The van der Waals surface area contributed by atoms with Crippen LogP contribution in [0.3, 0.4) is 0 Å². The molecule has 1 rings (SSSR count). The number of aliphatic hydroxyl groups excluding tert-OH is 1. The van der Waals surface area contributed by atoms with Gasteiger partial charge in [0.05, 0.1) is 5.92 Å². The molecular weight excluding hydrogens is 108 g/mol. The minimum atomic E-state index is -0.850. The average Bonchev–Trinajstić information content (AvgIpc) is 1.85. The summed E-state index contributed by atoms with van der Waals surface area (Å²) in [6.45, 7) is 1.73. The van der Waals surface area contributed by atoms with Gasteiger partial charge in [0.15, 0.2) is 0 Å². The molecule has 0 saturated carbocycles. The lowest BCUT2D eigenvalue weighted by atomic mass is 10.1. The fourth-order valence-corrected chi connectivity index (χ4v) is 0.697. The monoisotopic (exact) mass is 116 g/mol. The molecule has 1 N–H and O–H groups in total. The van der Waals surface area contributed by atoms with Crippen molar-refractivity contribution in [2.75, 3.05) is 0 Å². The van der Waals surface area contributed by atoms with Gasteiger partial charge in [0.1, 0.15) is 0 Å². The first kappa shape index (κ1) is 5.56. The van der Waals surface area contributed by atoms with E-state index >= 15 is 0 Å². The Morgan fingerprint density at radius 1 is 1.88 bits per heavy atom. The van der Waals surface area contributed by atoms with Gasteiger partial charge in [-0.2, -0.15) is 0 Å². The summed E-state index contributed by atoms with van der Waals surface area (Å²) in [4.78, 5) is 10.4. The summed E-state index contributed by atoms with van der Waals surface area (Å²) in [5.41, 5.74) is 0. The van der Waals surface area contributed by atoms with Crippen LogP contribution in [-0.2, 0) is 9.53 Å². The molecule has 0 aliphatic carbocycles. The van der Waals surface area contributed by atoms with Crippen molar-refractivity contribution < 1.29 is 14.6 Å². The maximum atomic E-state index is 10.4. The molecule has 1 fully saturated rings. The highest BCUT2D eigenvalue weighted by Gasteiger charge is 2.28. The number of hydrogen-bond donors (Lipinski definition) is 1. The highest BCUT2D eigenvalue weighted by molar-refractivity contribution is 5.73. The van der Waals surface area contributed by atoms with Gasteiger partial charge in [0, 0.05) is 6.42 Å². The van der Waals surface area contributed by atoms with E-state index in [-0.39, 0.29) is 11.9 Å².